The van der Waals surface area contributed by atoms with Gasteiger partial charge in [0.1, 0.15) is 11.7 Å². The molecule has 7 nitrogen and oxygen atoms in total. The Hall–Kier alpha value is -4.54. The molecule has 4 N–H and O–H groups in total. The van der Waals surface area contributed by atoms with Gasteiger partial charge in [0.05, 0.1) is 18.2 Å². The number of amidine groups is 1. The first kappa shape index (κ1) is 30.0. The SMILES string of the molecule is C#CC1/C=C(/C(C=C)=C/C=C)C(C2=CCC(C3(N)CC(=C)C3)C=C2)=NC/C=C\N(C)/C1=N\N.Cc1ncccn1. The molecule has 2 atom stereocenters. The summed E-state index contributed by atoms with van der Waals surface area (Å²) in [7, 11) is 1.87. The van der Waals surface area contributed by atoms with Gasteiger partial charge in [-0.1, -0.05) is 73.8 Å². The van der Waals surface area contributed by atoms with Gasteiger partial charge >= 0.3 is 0 Å². The Kier molecular flexibility index (Phi) is 10.5. The predicted octanol–water partition coefficient (Wildman–Crippen LogP) is 4.97. The molecule has 1 fully saturated rings. The van der Waals surface area contributed by atoms with Gasteiger partial charge in [-0.3, -0.25) is 4.99 Å². The molecule has 40 heavy (non-hydrogen) atoms. The fourth-order valence-electron chi connectivity index (χ4n) is 4.96. The van der Waals surface area contributed by atoms with Gasteiger partial charge in [-0.2, -0.15) is 5.10 Å². The topological polar surface area (TPSA) is 106 Å². The highest BCUT2D eigenvalue weighted by Crippen LogP contribution is 2.43. The summed E-state index contributed by atoms with van der Waals surface area (Å²) in [5.74, 6) is 9.73. The third kappa shape index (κ3) is 7.31. The zero-order chi connectivity index (χ0) is 29.1. The maximum atomic E-state index is 6.61. The van der Waals surface area contributed by atoms with Crippen LogP contribution in [0.5, 0.6) is 0 Å². The molecule has 0 aromatic carbocycles. The van der Waals surface area contributed by atoms with E-state index in [9.17, 15) is 0 Å². The number of terminal acetylenes is 1. The lowest BCUT2D eigenvalue weighted by Crippen LogP contribution is -2.53. The van der Waals surface area contributed by atoms with Gasteiger partial charge in [-0.05, 0) is 55.4 Å². The van der Waals surface area contributed by atoms with Crippen molar-refractivity contribution in [2.75, 3.05) is 13.6 Å². The molecule has 206 valence electrons. The van der Waals surface area contributed by atoms with Crippen LogP contribution in [-0.2, 0) is 0 Å². The Balaban J connectivity index is 0.000000547. The van der Waals surface area contributed by atoms with Crippen LogP contribution in [0.2, 0.25) is 0 Å². The lowest BCUT2D eigenvalue weighted by atomic mass is 9.64. The number of allylic oxidation sites excluding steroid dienone is 8. The number of nitrogens with two attached hydrogens (primary N) is 2. The number of hydrogen-bond donors (Lipinski definition) is 2. The molecule has 0 amide bonds. The lowest BCUT2D eigenvalue weighted by molar-refractivity contribution is 0.249. The van der Waals surface area contributed by atoms with Crippen molar-refractivity contribution in [3.05, 3.63) is 121 Å². The summed E-state index contributed by atoms with van der Waals surface area (Å²) in [5, 5.41) is 3.97. The molecule has 1 aromatic heterocycles. The van der Waals surface area contributed by atoms with Gasteiger partial charge in [-0.25, -0.2) is 9.97 Å². The van der Waals surface area contributed by atoms with E-state index in [1.165, 1.54) is 5.57 Å². The number of aromatic nitrogens is 2. The minimum atomic E-state index is -0.453. The fourth-order valence-corrected chi connectivity index (χ4v) is 4.96. The van der Waals surface area contributed by atoms with E-state index < -0.39 is 5.92 Å². The summed E-state index contributed by atoms with van der Waals surface area (Å²) < 4.78 is 0. The first-order valence-corrected chi connectivity index (χ1v) is 13.2. The monoisotopic (exact) mass is 533 g/mol. The van der Waals surface area contributed by atoms with Crippen LogP contribution in [0.1, 0.15) is 25.1 Å². The number of hydrogen-bond acceptors (Lipinski definition) is 6. The van der Waals surface area contributed by atoms with E-state index in [-0.39, 0.29) is 11.5 Å². The Morgan fingerprint density at radius 2 is 2.00 bits per heavy atom. The molecule has 1 aliphatic heterocycles. The van der Waals surface area contributed by atoms with E-state index in [2.05, 4.69) is 59.0 Å². The maximum absolute atomic E-state index is 6.61. The number of aliphatic imine (C=N–C) groups is 1. The molecule has 1 saturated carbocycles. The summed E-state index contributed by atoms with van der Waals surface area (Å²) in [6.07, 6.45) is 29.7. The molecule has 0 saturated heterocycles. The second-order valence-corrected chi connectivity index (χ2v) is 9.95. The summed E-state index contributed by atoms with van der Waals surface area (Å²) in [5.41, 5.74) is 11.2. The van der Waals surface area contributed by atoms with Crippen molar-refractivity contribution < 1.29 is 0 Å². The number of hydrazone groups is 1. The standard InChI is InChI=1S/C28H33N5.C5H6N2/c1-6-10-21(7-2)25-17-22(8-3)27(32-30)33(5)16-9-15-31-26(25)23-11-13-24(14-12-23)28(29)18-20(4)19-28;1-5-6-3-2-4-7-5/h3,6-7,9-13,16-17,22,24H,1-2,4,14-15,18-19,29-30H2,5H3;2-4H,1H3/b16-9-,21-10+,25-17-,31-26?,32-27-;. The van der Waals surface area contributed by atoms with Crippen molar-refractivity contribution in [1.29, 1.82) is 0 Å². The summed E-state index contributed by atoms with van der Waals surface area (Å²) in [4.78, 5) is 14.5. The molecule has 2 heterocycles. The second kappa shape index (κ2) is 14.0. The lowest BCUT2D eigenvalue weighted by Gasteiger charge is -2.45. The van der Waals surface area contributed by atoms with Crippen LogP contribution in [0.15, 0.2) is 125 Å². The third-order valence-electron chi connectivity index (χ3n) is 7.02. The number of rotatable bonds is 5. The molecule has 0 bridgehead atoms. The average Bonchev–Trinajstić information content (AvgIpc) is 2.94. The van der Waals surface area contributed by atoms with Crippen molar-refractivity contribution in [3.8, 4) is 12.3 Å². The molecule has 3 aliphatic rings. The van der Waals surface area contributed by atoms with Crippen LogP contribution < -0.4 is 11.6 Å². The molecule has 2 unspecified atom stereocenters. The van der Waals surface area contributed by atoms with Gasteiger partial charge in [0.2, 0.25) is 0 Å². The van der Waals surface area contributed by atoms with Crippen molar-refractivity contribution in [2.24, 2.45) is 33.5 Å². The van der Waals surface area contributed by atoms with E-state index in [1.54, 1.807) is 30.6 Å². The van der Waals surface area contributed by atoms with Crippen molar-refractivity contribution in [2.45, 2.75) is 31.7 Å². The van der Waals surface area contributed by atoms with Crippen LogP contribution in [0.3, 0.4) is 0 Å². The van der Waals surface area contributed by atoms with Gasteiger partial charge in [0.25, 0.3) is 0 Å². The number of aryl methyl sites for hydroxylation is 1. The van der Waals surface area contributed by atoms with Gasteiger partial charge < -0.3 is 16.5 Å². The summed E-state index contributed by atoms with van der Waals surface area (Å²) in [6.45, 7) is 14.3. The van der Waals surface area contributed by atoms with Gasteiger partial charge in [0.15, 0.2) is 0 Å². The normalized spacial score (nSPS) is 25.5. The van der Waals surface area contributed by atoms with Crippen LogP contribution >= 0.6 is 0 Å². The number of nitrogens with zero attached hydrogens (tertiary/aromatic N) is 5. The highest BCUT2D eigenvalue weighted by molar-refractivity contribution is 6.17. The first-order valence-electron chi connectivity index (χ1n) is 13.2. The molecule has 0 radical (unpaired) electrons. The van der Waals surface area contributed by atoms with Crippen molar-refractivity contribution in [1.82, 2.24) is 14.9 Å². The van der Waals surface area contributed by atoms with Crippen LogP contribution in [0.4, 0.5) is 0 Å². The molecule has 7 heteroatoms. The molecular formula is C33H39N7. The van der Waals surface area contributed by atoms with Gasteiger partial charge in [-0.15, -0.1) is 6.42 Å². The molecular weight excluding hydrogens is 494 g/mol. The molecule has 0 spiro atoms. The molecule has 4 rings (SSSR count). The minimum absolute atomic E-state index is 0.199. The Morgan fingerprint density at radius 1 is 1.27 bits per heavy atom. The van der Waals surface area contributed by atoms with Crippen molar-refractivity contribution >= 4 is 11.5 Å². The fraction of sp³-hybridized carbons (Fsp3) is 0.273. The van der Waals surface area contributed by atoms with Crippen LogP contribution in [-0.4, -0.2) is 45.5 Å². The largest absolute Gasteiger partial charge is 0.337 e. The Bertz CT molecular complexity index is 1350. The first-order chi connectivity index (χ1) is 19.3. The zero-order valence-electron chi connectivity index (χ0n) is 23.5. The minimum Gasteiger partial charge on any atom is -0.337 e. The Morgan fingerprint density at radius 3 is 2.50 bits per heavy atom. The smallest absolute Gasteiger partial charge is 0.147 e. The van der Waals surface area contributed by atoms with E-state index in [0.717, 1.165) is 47.5 Å². The summed E-state index contributed by atoms with van der Waals surface area (Å²) >= 11 is 0. The molecule has 2 aliphatic carbocycles. The Labute approximate surface area is 238 Å². The van der Waals surface area contributed by atoms with E-state index in [4.69, 9.17) is 23.0 Å². The highest BCUT2D eigenvalue weighted by atomic mass is 15.2. The van der Waals surface area contributed by atoms with E-state index >= 15 is 0 Å². The van der Waals surface area contributed by atoms with Crippen LogP contribution in [0.25, 0.3) is 0 Å². The highest BCUT2D eigenvalue weighted by Gasteiger charge is 2.41. The second-order valence-electron chi connectivity index (χ2n) is 9.95. The predicted molar refractivity (Wildman–Crippen MR) is 167 cm³/mol. The molecule has 1 aromatic rings. The quantitative estimate of drug-likeness (QED) is 0.183. The van der Waals surface area contributed by atoms with E-state index in [1.807, 2.05) is 43.3 Å². The summed E-state index contributed by atoms with van der Waals surface area (Å²) in [6, 6.07) is 1.80. The van der Waals surface area contributed by atoms with Crippen LogP contribution in [0, 0.1) is 31.1 Å². The third-order valence-corrected chi connectivity index (χ3v) is 7.02. The van der Waals surface area contributed by atoms with Gasteiger partial charge in [0, 0.05) is 36.8 Å². The maximum Gasteiger partial charge on any atom is 0.147 e. The van der Waals surface area contributed by atoms with E-state index in [0.29, 0.717) is 12.4 Å². The zero-order valence-corrected chi connectivity index (χ0v) is 23.5. The van der Waals surface area contributed by atoms with Crippen molar-refractivity contribution in [3.63, 3.8) is 0 Å². The average molecular weight is 534 g/mol.